The molecule has 5 heteroatoms. The Kier molecular flexibility index (Phi) is 3.02. The van der Waals surface area contributed by atoms with Crippen molar-refractivity contribution in [1.82, 2.24) is 15.5 Å². The Morgan fingerprint density at radius 3 is 3.00 bits per heavy atom. The van der Waals surface area contributed by atoms with E-state index in [2.05, 4.69) is 15.5 Å². The molecule has 1 unspecified atom stereocenters. The van der Waals surface area contributed by atoms with Crippen molar-refractivity contribution in [2.24, 2.45) is 5.73 Å². The summed E-state index contributed by atoms with van der Waals surface area (Å²) in [5.41, 5.74) is 7.14. The summed E-state index contributed by atoms with van der Waals surface area (Å²) < 4.78 is 0. The van der Waals surface area contributed by atoms with Gasteiger partial charge in [0.05, 0.1) is 12.2 Å². The zero-order valence-corrected chi connectivity index (χ0v) is 7.79. The maximum Gasteiger partial charge on any atom is 0.234 e. The third kappa shape index (κ3) is 2.55. The number of hydrogen-bond donors (Lipinski definition) is 3. The van der Waals surface area contributed by atoms with Crippen LogP contribution in [0.5, 0.6) is 0 Å². The van der Waals surface area contributed by atoms with Gasteiger partial charge < -0.3 is 11.1 Å². The molecule has 1 amide bonds. The molecule has 1 heterocycles. The van der Waals surface area contributed by atoms with Crippen LogP contribution in [-0.2, 0) is 11.3 Å². The van der Waals surface area contributed by atoms with Crippen LogP contribution in [0.1, 0.15) is 18.2 Å². The molecule has 0 fully saturated rings. The van der Waals surface area contributed by atoms with E-state index in [0.717, 1.165) is 11.3 Å². The molecule has 1 atom stereocenters. The Bertz CT molecular complexity index is 294. The van der Waals surface area contributed by atoms with Crippen LogP contribution < -0.4 is 11.1 Å². The zero-order chi connectivity index (χ0) is 9.84. The minimum Gasteiger partial charge on any atom is -0.368 e. The van der Waals surface area contributed by atoms with Gasteiger partial charge >= 0.3 is 0 Å². The molecule has 4 N–H and O–H groups in total. The topological polar surface area (TPSA) is 83.8 Å². The minimum atomic E-state index is -0.346. The number of hydrogen-bond acceptors (Lipinski definition) is 3. The highest BCUT2D eigenvalue weighted by atomic mass is 16.1. The molecule has 0 saturated carbocycles. The van der Waals surface area contributed by atoms with Crippen LogP contribution in [0, 0.1) is 6.92 Å². The standard InChI is InChI=1S/C8H14N4O/c1-5-7(4-11-12-5)3-10-6(2)8(9)13/h4,6,10H,3H2,1-2H3,(H2,9,13)(H,11,12). The van der Waals surface area contributed by atoms with Crippen molar-refractivity contribution >= 4 is 5.91 Å². The highest BCUT2D eigenvalue weighted by Crippen LogP contribution is 2.01. The molecular formula is C8H14N4O. The fourth-order valence-corrected chi connectivity index (χ4v) is 0.918. The second-order valence-corrected chi connectivity index (χ2v) is 3.03. The predicted octanol–water partition coefficient (Wildman–Crippen LogP) is -0.318. The van der Waals surface area contributed by atoms with Crippen LogP contribution >= 0.6 is 0 Å². The molecule has 13 heavy (non-hydrogen) atoms. The zero-order valence-electron chi connectivity index (χ0n) is 7.79. The van der Waals surface area contributed by atoms with Gasteiger partial charge in [0.15, 0.2) is 0 Å². The number of aryl methyl sites for hydroxylation is 1. The van der Waals surface area contributed by atoms with Crippen molar-refractivity contribution < 1.29 is 4.79 Å². The first kappa shape index (κ1) is 9.73. The summed E-state index contributed by atoms with van der Waals surface area (Å²) in [5, 5.41) is 9.67. The molecular weight excluding hydrogens is 168 g/mol. The van der Waals surface area contributed by atoms with E-state index >= 15 is 0 Å². The van der Waals surface area contributed by atoms with E-state index in [1.807, 2.05) is 6.92 Å². The number of H-pyrrole nitrogens is 1. The number of aromatic amines is 1. The third-order valence-corrected chi connectivity index (χ3v) is 1.96. The minimum absolute atomic E-state index is 0.311. The summed E-state index contributed by atoms with van der Waals surface area (Å²) in [6.07, 6.45) is 1.73. The summed E-state index contributed by atoms with van der Waals surface area (Å²) in [5.74, 6) is -0.346. The molecule has 0 aliphatic rings. The molecule has 72 valence electrons. The summed E-state index contributed by atoms with van der Waals surface area (Å²) in [6.45, 7) is 4.27. The monoisotopic (exact) mass is 182 g/mol. The van der Waals surface area contributed by atoms with Crippen molar-refractivity contribution in [2.45, 2.75) is 26.4 Å². The summed E-state index contributed by atoms with van der Waals surface area (Å²) >= 11 is 0. The van der Waals surface area contributed by atoms with Crippen molar-refractivity contribution in [3.63, 3.8) is 0 Å². The van der Waals surface area contributed by atoms with Gasteiger partial charge in [-0.2, -0.15) is 5.10 Å². The second kappa shape index (κ2) is 4.04. The SMILES string of the molecule is Cc1[nH]ncc1CNC(C)C(N)=O. The van der Waals surface area contributed by atoms with E-state index in [-0.39, 0.29) is 11.9 Å². The summed E-state index contributed by atoms with van der Waals surface area (Å²) in [6, 6.07) is -0.311. The maximum absolute atomic E-state index is 10.7. The highest BCUT2D eigenvalue weighted by molar-refractivity contribution is 5.79. The fraction of sp³-hybridized carbons (Fsp3) is 0.500. The number of rotatable bonds is 4. The third-order valence-electron chi connectivity index (χ3n) is 1.96. The Balaban J connectivity index is 2.44. The molecule has 1 aromatic rings. The molecule has 0 aliphatic carbocycles. The lowest BCUT2D eigenvalue weighted by molar-refractivity contribution is -0.119. The van der Waals surface area contributed by atoms with Crippen molar-refractivity contribution in [1.29, 1.82) is 0 Å². The number of carbonyl (C=O) groups excluding carboxylic acids is 1. The van der Waals surface area contributed by atoms with E-state index in [4.69, 9.17) is 5.73 Å². The first-order valence-corrected chi connectivity index (χ1v) is 4.13. The lowest BCUT2D eigenvalue weighted by atomic mass is 10.2. The Morgan fingerprint density at radius 2 is 2.54 bits per heavy atom. The Morgan fingerprint density at radius 1 is 1.85 bits per heavy atom. The number of nitrogens with two attached hydrogens (primary N) is 1. The van der Waals surface area contributed by atoms with Gasteiger partial charge in [-0.1, -0.05) is 0 Å². The van der Waals surface area contributed by atoms with Crippen molar-refractivity contribution in [3.05, 3.63) is 17.5 Å². The van der Waals surface area contributed by atoms with E-state index in [1.165, 1.54) is 0 Å². The van der Waals surface area contributed by atoms with Crippen LogP contribution in [0.15, 0.2) is 6.20 Å². The molecule has 0 saturated heterocycles. The van der Waals surface area contributed by atoms with Crippen molar-refractivity contribution in [2.75, 3.05) is 0 Å². The number of amides is 1. The molecule has 1 rings (SSSR count). The van der Waals surface area contributed by atoms with Crippen molar-refractivity contribution in [3.8, 4) is 0 Å². The lowest BCUT2D eigenvalue weighted by Gasteiger charge is -2.08. The molecule has 0 spiro atoms. The van der Waals surface area contributed by atoms with Gasteiger partial charge in [-0.15, -0.1) is 0 Å². The predicted molar refractivity (Wildman–Crippen MR) is 48.8 cm³/mol. The Hall–Kier alpha value is -1.36. The first-order chi connectivity index (χ1) is 6.11. The van der Waals surface area contributed by atoms with Gasteiger partial charge in [0, 0.05) is 17.8 Å². The number of nitrogens with zero attached hydrogens (tertiary/aromatic N) is 1. The summed E-state index contributed by atoms with van der Waals surface area (Å²) in [4.78, 5) is 10.7. The molecule has 0 radical (unpaired) electrons. The fourth-order valence-electron chi connectivity index (χ4n) is 0.918. The Labute approximate surface area is 76.7 Å². The van der Waals surface area contributed by atoms with Gasteiger partial charge in [-0.3, -0.25) is 9.89 Å². The van der Waals surface area contributed by atoms with Gasteiger partial charge in [0.2, 0.25) is 5.91 Å². The molecule has 1 aromatic heterocycles. The van der Waals surface area contributed by atoms with Crippen LogP contribution in [-0.4, -0.2) is 22.1 Å². The quantitative estimate of drug-likeness (QED) is 0.596. The van der Waals surface area contributed by atoms with Crippen LogP contribution in [0.25, 0.3) is 0 Å². The van der Waals surface area contributed by atoms with E-state index < -0.39 is 0 Å². The van der Waals surface area contributed by atoms with Gasteiger partial charge in [-0.05, 0) is 13.8 Å². The van der Waals surface area contributed by atoms with E-state index in [9.17, 15) is 4.79 Å². The van der Waals surface area contributed by atoms with Crippen LogP contribution in [0.2, 0.25) is 0 Å². The first-order valence-electron chi connectivity index (χ1n) is 4.13. The van der Waals surface area contributed by atoms with Crippen LogP contribution in [0.3, 0.4) is 0 Å². The number of primary amides is 1. The largest absolute Gasteiger partial charge is 0.368 e. The van der Waals surface area contributed by atoms with Gasteiger partial charge in [-0.25, -0.2) is 0 Å². The average molecular weight is 182 g/mol. The number of carbonyl (C=O) groups is 1. The normalized spacial score (nSPS) is 12.8. The molecule has 5 nitrogen and oxygen atoms in total. The lowest BCUT2D eigenvalue weighted by Crippen LogP contribution is -2.38. The number of nitrogens with one attached hydrogen (secondary N) is 2. The summed E-state index contributed by atoms with van der Waals surface area (Å²) in [7, 11) is 0. The molecule has 0 aromatic carbocycles. The highest BCUT2D eigenvalue weighted by Gasteiger charge is 2.08. The second-order valence-electron chi connectivity index (χ2n) is 3.03. The van der Waals surface area contributed by atoms with E-state index in [1.54, 1.807) is 13.1 Å². The van der Waals surface area contributed by atoms with Crippen LogP contribution in [0.4, 0.5) is 0 Å². The van der Waals surface area contributed by atoms with E-state index in [0.29, 0.717) is 6.54 Å². The van der Waals surface area contributed by atoms with Gasteiger partial charge in [0.25, 0.3) is 0 Å². The molecule has 0 aliphatic heterocycles. The maximum atomic E-state index is 10.7. The molecule has 0 bridgehead atoms. The van der Waals surface area contributed by atoms with Gasteiger partial charge in [0.1, 0.15) is 0 Å². The average Bonchev–Trinajstić information content (AvgIpc) is 2.47. The number of aromatic nitrogens is 2. The smallest absolute Gasteiger partial charge is 0.234 e.